The predicted molar refractivity (Wildman–Crippen MR) is 159 cm³/mol. The van der Waals surface area contributed by atoms with Gasteiger partial charge in [-0.05, 0) is 62.2 Å². The van der Waals surface area contributed by atoms with Crippen LogP contribution in [0.15, 0.2) is 30.3 Å². The molecule has 3 aliphatic carbocycles. The quantitative estimate of drug-likeness (QED) is 0.302. The maximum absolute atomic E-state index is 14.2. The zero-order valence-electron chi connectivity index (χ0n) is 25.4. The molecule has 2 unspecified atom stereocenters. The van der Waals surface area contributed by atoms with Crippen LogP contribution in [0.3, 0.4) is 0 Å². The van der Waals surface area contributed by atoms with Crippen molar-refractivity contribution in [3.8, 4) is 11.5 Å². The van der Waals surface area contributed by atoms with Gasteiger partial charge in [0.1, 0.15) is 11.5 Å². The third-order valence-electron chi connectivity index (χ3n) is 9.40. The van der Waals surface area contributed by atoms with Gasteiger partial charge in [-0.1, -0.05) is 12.1 Å². The Labute approximate surface area is 255 Å². The number of phenolic OH excluding ortho intramolecular Hbond substituents is 1. The molecule has 0 aromatic heterocycles. The number of methoxy groups -OCH3 is 1. The van der Waals surface area contributed by atoms with Crippen molar-refractivity contribution >= 4 is 34.7 Å². The lowest BCUT2D eigenvalue weighted by Crippen LogP contribution is -2.74. The summed E-state index contributed by atoms with van der Waals surface area (Å²) in [5, 5.41) is 26.5. The van der Waals surface area contributed by atoms with Crippen LogP contribution >= 0.6 is 0 Å². The van der Waals surface area contributed by atoms with Crippen LogP contribution in [0.1, 0.15) is 33.5 Å². The standard InChI is InChI=1S/C32H38N4O8/c1-35(2)21-12-17(14-34-13-15-6-8-18(44-5)9-7-15)26(37)23-19(21)10-16-11-20-25(36(3)4)28(39)24(31(33)42)30(41)32(20,43)29(40)22(16)27(23)38/h6-9,12,16,20,22,24-25,34,37,43H,10-11,13-14H2,1-5H3,(H2,33,42)/t16-,20-,22?,24?,25-,32-/m0/s1. The van der Waals surface area contributed by atoms with Gasteiger partial charge in [0.2, 0.25) is 5.91 Å². The number of carbonyl (C=O) groups is 5. The van der Waals surface area contributed by atoms with Gasteiger partial charge in [0, 0.05) is 44.4 Å². The van der Waals surface area contributed by atoms with E-state index in [0.29, 0.717) is 23.4 Å². The average molecular weight is 607 g/mol. The van der Waals surface area contributed by atoms with E-state index >= 15 is 0 Å². The van der Waals surface area contributed by atoms with Gasteiger partial charge in [0.05, 0.1) is 24.6 Å². The minimum absolute atomic E-state index is 0.00267. The number of aliphatic hydroxyl groups is 1. The SMILES string of the molecule is COc1ccc(CNCc2cc(N(C)C)c3c(c2O)C(=O)C2C(=O)[C@]4(O)C(=O)C(C(N)=O)C(=O)[C@@H](N(C)C)[C@@H]4C[C@@H]2C3)cc1. The number of hydrogen-bond donors (Lipinski definition) is 4. The van der Waals surface area contributed by atoms with Crippen molar-refractivity contribution in [2.45, 2.75) is 37.6 Å². The van der Waals surface area contributed by atoms with Crippen LogP contribution in [0.2, 0.25) is 0 Å². The van der Waals surface area contributed by atoms with E-state index in [-0.39, 0.29) is 30.7 Å². The number of primary amides is 1. The summed E-state index contributed by atoms with van der Waals surface area (Å²) >= 11 is 0. The second-order valence-electron chi connectivity index (χ2n) is 12.4. The minimum Gasteiger partial charge on any atom is -0.507 e. The fourth-order valence-corrected chi connectivity index (χ4v) is 7.33. The number of nitrogens with zero attached hydrogens (tertiary/aromatic N) is 2. The number of amides is 1. The molecule has 1 amide bonds. The fraction of sp³-hybridized carbons (Fsp3) is 0.469. The summed E-state index contributed by atoms with van der Waals surface area (Å²) in [6, 6.07) is 8.15. The van der Waals surface area contributed by atoms with Crippen LogP contribution < -0.4 is 20.7 Å². The summed E-state index contributed by atoms with van der Waals surface area (Å²) in [5.41, 5.74) is 5.27. The first-order valence-corrected chi connectivity index (χ1v) is 14.5. The van der Waals surface area contributed by atoms with Gasteiger partial charge >= 0.3 is 0 Å². The van der Waals surface area contributed by atoms with Gasteiger partial charge in [-0.15, -0.1) is 0 Å². The number of hydrogen-bond acceptors (Lipinski definition) is 11. The van der Waals surface area contributed by atoms with E-state index < -0.39 is 64.4 Å². The number of fused-ring (bicyclic) bond motifs is 3. The van der Waals surface area contributed by atoms with Crippen molar-refractivity contribution in [3.05, 3.63) is 52.6 Å². The summed E-state index contributed by atoms with van der Waals surface area (Å²) < 4.78 is 5.19. The first-order valence-electron chi connectivity index (χ1n) is 14.5. The maximum atomic E-state index is 14.2. The number of nitrogens with one attached hydrogen (secondary N) is 1. The van der Waals surface area contributed by atoms with Gasteiger partial charge < -0.3 is 30.9 Å². The Bertz CT molecular complexity index is 1550. The molecule has 5 rings (SSSR count). The first kappa shape index (κ1) is 31.3. The van der Waals surface area contributed by atoms with Gasteiger partial charge in [0.15, 0.2) is 34.7 Å². The molecular formula is C32H38N4O8. The number of ether oxygens (including phenoxy) is 1. The van der Waals surface area contributed by atoms with E-state index in [1.807, 2.05) is 43.3 Å². The van der Waals surface area contributed by atoms with Gasteiger partial charge in [0.25, 0.3) is 0 Å². The second-order valence-corrected chi connectivity index (χ2v) is 12.4. The first-order chi connectivity index (χ1) is 20.7. The molecular weight excluding hydrogens is 568 g/mol. The van der Waals surface area contributed by atoms with Crippen LogP contribution in [0, 0.1) is 23.7 Å². The highest BCUT2D eigenvalue weighted by Gasteiger charge is 2.69. The summed E-state index contributed by atoms with van der Waals surface area (Å²) in [4.78, 5) is 70.5. The van der Waals surface area contributed by atoms with Crippen molar-refractivity contribution in [1.29, 1.82) is 0 Å². The van der Waals surface area contributed by atoms with E-state index in [1.54, 1.807) is 27.3 Å². The molecule has 0 radical (unpaired) electrons. The predicted octanol–water partition coefficient (Wildman–Crippen LogP) is 0.231. The second kappa shape index (κ2) is 11.4. The monoisotopic (exact) mass is 606 g/mol. The molecule has 12 nitrogen and oxygen atoms in total. The summed E-state index contributed by atoms with van der Waals surface area (Å²) in [6.07, 6.45) is 0.204. The number of ketones is 4. The van der Waals surface area contributed by atoms with E-state index in [1.165, 1.54) is 4.90 Å². The molecule has 5 N–H and O–H groups in total. The average Bonchev–Trinajstić information content (AvgIpc) is 2.96. The molecule has 44 heavy (non-hydrogen) atoms. The fourth-order valence-electron chi connectivity index (χ4n) is 7.33. The highest BCUT2D eigenvalue weighted by molar-refractivity contribution is 6.32. The summed E-state index contributed by atoms with van der Waals surface area (Å²) in [6.45, 7) is 0.678. The lowest BCUT2D eigenvalue weighted by molar-refractivity contribution is -0.181. The molecule has 2 saturated carbocycles. The molecule has 2 fully saturated rings. The van der Waals surface area contributed by atoms with Gasteiger partial charge in [-0.2, -0.15) is 0 Å². The molecule has 0 aliphatic heterocycles. The molecule has 0 bridgehead atoms. The van der Waals surface area contributed by atoms with E-state index in [4.69, 9.17) is 10.5 Å². The Hall–Kier alpha value is -4.13. The lowest BCUT2D eigenvalue weighted by Gasteiger charge is -2.52. The van der Waals surface area contributed by atoms with Crippen LogP contribution in [-0.4, -0.2) is 91.1 Å². The molecule has 12 heteroatoms. The van der Waals surface area contributed by atoms with Crippen molar-refractivity contribution in [1.82, 2.24) is 10.2 Å². The number of benzene rings is 2. The molecule has 0 spiro atoms. The Morgan fingerprint density at radius 3 is 2.30 bits per heavy atom. The molecule has 2 aromatic rings. The van der Waals surface area contributed by atoms with Crippen molar-refractivity contribution in [2.24, 2.45) is 29.4 Å². The van der Waals surface area contributed by atoms with Crippen LogP contribution in [0.25, 0.3) is 0 Å². The molecule has 6 atom stereocenters. The Kier molecular flexibility index (Phi) is 8.12. The Morgan fingerprint density at radius 2 is 1.73 bits per heavy atom. The van der Waals surface area contributed by atoms with E-state index in [0.717, 1.165) is 11.3 Å². The van der Waals surface area contributed by atoms with Gasteiger partial charge in [-0.3, -0.25) is 28.9 Å². The third kappa shape index (κ3) is 4.77. The Balaban J connectivity index is 1.52. The molecule has 234 valence electrons. The smallest absolute Gasteiger partial charge is 0.235 e. The number of nitrogens with two attached hydrogens (primary N) is 1. The number of anilines is 1. The molecule has 3 aliphatic rings. The highest BCUT2D eigenvalue weighted by atomic mass is 16.5. The highest BCUT2D eigenvalue weighted by Crippen LogP contribution is 2.52. The molecule has 2 aromatic carbocycles. The van der Waals surface area contributed by atoms with Crippen molar-refractivity contribution in [2.75, 3.05) is 40.2 Å². The number of carbonyl (C=O) groups excluding carboxylic acids is 5. The normalized spacial score (nSPS) is 27.9. The summed E-state index contributed by atoms with van der Waals surface area (Å²) in [5.74, 6) is -9.88. The number of phenols is 1. The summed E-state index contributed by atoms with van der Waals surface area (Å²) in [7, 11) is 8.33. The lowest BCUT2D eigenvalue weighted by atomic mass is 9.52. The van der Waals surface area contributed by atoms with Gasteiger partial charge in [-0.25, -0.2) is 0 Å². The van der Waals surface area contributed by atoms with Crippen LogP contribution in [0.5, 0.6) is 11.5 Å². The van der Waals surface area contributed by atoms with E-state index in [2.05, 4.69) is 5.32 Å². The Morgan fingerprint density at radius 1 is 1.07 bits per heavy atom. The largest absolute Gasteiger partial charge is 0.507 e. The van der Waals surface area contributed by atoms with E-state index in [9.17, 15) is 34.2 Å². The maximum Gasteiger partial charge on any atom is 0.235 e. The molecule has 0 saturated heterocycles. The van der Waals surface area contributed by atoms with Crippen LogP contribution in [-0.2, 0) is 38.7 Å². The number of likely N-dealkylation sites (N-methyl/N-ethyl adjacent to an activating group) is 1. The zero-order valence-corrected chi connectivity index (χ0v) is 25.4. The number of Topliss-reactive ketones (excluding diaryl/α,β-unsaturated/α-hetero) is 4. The number of aromatic hydroxyl groups is 1. The van der Waals surface area contributed by atoms with Crippen molar-refractivity contribution in [3.63, 3.8) is 0 Å². The third-order valence-corrected chi connectivity index (χ3v) is 9.40. The topological polar surface area (TPSA) is 180 Å². The minimum atomic E-state index is -2.76. The number of rotatable bonds is 8. The molecule has 0 heterocycles. The van der Waals surface area contributed by atoms with Crippen molar-refractivity contribution < 1.29 is 38.9 Å². The van der Waals surface area contributed by atoms with Crippen LogP contribution in [0.4, 0.5) is 5.69 Å². The zero-order chi connectivity index (χ0) is 32.2.